The summed E-state index contributed by atoms with van der Waals surface area (Å²) in [6.45, 7) is 3.82. The summed E-state index contributed by atoms with van der Waals surface area (Å²) in [5.41, 5.74) is 4.86. The molecule has 0 unspecified atom stereocenters. The van der Waals surface area contributed by atoms with Crippen molar-refractivity contribution in [1.82, 2.24) is 25.6 Å². The van der Waals surface area contributed by atoms with Gasteiger partial charge in [-0.1, -0.05) is 6.07 Å². The van der Waals surface area contributed by atoms with Crippen LogP contribution in [0.25, 0.3) is 5.65 Å². The summed E-state index contributed by atoms with van der Waals surface area (Å²) in [6.07, 6.45) is 2.80. The molecule has 7 nitrogen and oxygen atoms in total. The number of hydrazine groups is 1. The highest BCUT2D eigenvalue weighted by molar-refractivity contribution is 7.80. The van der Waals surface area contributed by atoms with Crippen molar-refractivity contribution in [1.29, 1.82) is 0 Å². The van der Waals surface area contributed by atoms with E-state index in [1.54, 1.807) is 24.4 Å². The molecule has 0 atom stereocenters. The van der Waals surface area contributed by atoms with Crippen molar-refractivity contribution in [2.75, 3.05) is 0 Å². The third kappa shape index (κ3) is 3.54. The maximum absolute atomic E-state index is 12.2. The largest absolute Gasteiger partial charge is 0.359 e. The normalized spacial score (nSPS) is 10.4. The van der Waals surface area contributed by atoms with Gasteiger partial charge in [0, 0.05) is 18.4 Å². The summed E-state index contributed by atoms with van der Waals surface area (Å²) in [4.78, 5) is 28.2. The van der Waals surface area contributed by atoms with Crippen molar-refractivity contribution in [3.63, 3.8) is 0 Å². The Balaban J connectivity index is 2.15. The maximum Gasteiger partial charge on any atom is 0.276 e. The number of carbonyl (C=O) groups is 1. The van der Waals surface area contributed by atoms with Crippen LogP contribution in [0.1, 0.15) is 24.2 Å². The fraction of sp³-hybridized carbons (Fsp3) is 0.231. The van der Waals surface area contributed by atoms with E-state index >= 15 is 0 Å². The number of pyridine rings is 1. The van der Waals surface area contributed by atoms with Gasteiger partial charge in [-0.2, -0.15) is 0 Å². The minimum atomic E-state index is -0.598. The average Bonchev–Trinajstić information content (AvgIpc) is 2.45. The molecule has 0 saturated carbocycles. The molecule has 2 heterocycles. The first-order valence-electron chi connectivity index (χ1n) is 6.32. The topological polar surface area (TPSA) is 87.5 Å². The van der Waals surface area contributed by atoms with E-state index < -0.39 is 11.5 Å². The molecule has 0 fully saturated rings. The van der Waals surface area contributed by atoms with Crippen LogP contribution in [-0.2, 0) is 0 Å². The number of fused-ring (bicyclic) bond motifs is 1. The van der Waals surface area contributed by atoms with Crippen LogP contribution < -0.4 is 21.7 Å². The van der Waals surface area contributed by atoms with Gasteiger partial charge in [-0.25, -0.2) is 4.98 Å². The summed E-state index contributed by atoms with van der Waals surface area (Å²) in [5, 5.41) is 3.17. The lowest BCUT2D eigenvalue weighted by Crippen LogP contribution is -2.49. The zero-order valence-electron chi connectivity index (χ0n) is 11.6. The second-order valence-electron chi connectivity index (χ2n) is 4.61. The number of hydrogen-bond acceptors (Lipinski definition) is 4. The molecular formula is C13H15N5O2S. The quantitative estimate of drug-likeness (QED) is 0.543. The number of amides is 1. The lowest BCUT2D eigenvalue weighted by atomic mass is 10.3. The third-order valence-corrected chi connectivity index (χ3v) is 2.79. The molecule has 110 valence electrons. The fourth-order valence-corrected chi connectivity index (χ4v) is 1.95. The highest BCUT2D eigenvalue weighted by Gasteiger charge is 2.13. The molecule has 0 aromatic carbocycles. The van der Waals surface area contributed by atoms with Gasteiger partial charge >= 0.3 is 0 Å². The molecule has 0 spiro atoms. The molecule has 3 N–H and O–H groups in total. The van der Waals surface area contributed by atoms with E-state index in [1.165, 1.54) is 10.6 Å². The standard InChI is InChI=1S/C13H15N5O2S/c1-8(2)15-13(21)17-16-11(19)9-7-14-10-5-3-4-6-18(10)12(9)20/h3-8H,1-2H3,(H,16,19)(H2,15,17,21). The van der Waals surface area contributed by atoms with Crippen LogP contribution in [0.4, 0.5) is 0 Å². The molecule has 0 aliphatic carbocycles. The zero-order chi connectivity index (χ0) is 15.4. The second kappa shape index (κ2) is 6.31. The monoisotopic (exact) mass is 305 g/mol. The molecule has 0 aliphatic heterocycles. The molecule has 2 aromatic rings. The van der Waals surface area contributed by atoms with Crippen molar-refractivity contribution in [3.05, 3.63) is 46.5 Å². The number of rotatable bonds is 2. The predicted molar refractivity (Wildman–Crippen MR) is 82.9 cm³/mol. The van der Waals surface area contributed by atoms with Gasteiger partial charge in [0.2, 0.25) is 0 Å². The zero-order valence-corrected chi connectivity index (χ0v) is 12.4. The van der Waals surface area contributed by atoms with Gasteiger partial charge in [0.1, 0.15) is 11.2 Å². The number of nitrogens with zero attached hydrogens (tertiary/aromatic N) is 2. The van der Waals surface area contributed by atoms with Gasteiger partial charge < -0.3 is 5.32 Å². The lowest BCUT2D eigenvalue weighted by molar-refractivity contribution is 0.0941. The Kier molecular flexibility index (Phi) is 4.49. The van der Waals surface area contributed by atoms with E-state index in [1.807, 2.05) is 13.8 Å². The van der Waals surface area contributed by atoms with Crippen molar-refractivity contribution in [3.8, 4) is 0 Å². The first-order chi connectivity index (χ1) is 9.99. The van der Waals surface area contributed by atoms with Crippen molar-refractivity contribution in [2.45, 2.75) is 19.9 Å². The van der Waals surface area contributed by atoms with E-state index in [4.69, 9.17) is 12.2 Å². The predicted octanol–water partition coefficient (Wildman–Crippen LogP) is 0.212. The van der Waals surface area contributed by atoms with Gasteiger partial charge in [-0.05, 0) is 38.2 Å². The fourth-order valence-electron chi connectivity index (χ4n) is 1.66. The van der Waals surface area contributed by atoms with Gasteiger partial charge in [0.25, 0.3) is 11.5 Å². The molecule has 8 heteroatoms. The summed E-state index contributed by atoms with van der Waals surface area (Å²) >= 11 is 4.97. The van der Waals surface area contributed by atoms with Crippen molar-refractivity contribution >= 4 is 28.9 Å². The van der Waals surface area contributed by atoms with Crippen LogP contribution in [0, 0.1) is 0 Å². The van der Waals surface area contributed by atoms with Crippen molar-refractivity contribution in [2.24, 2.45) is 0 Å². The Morgan fingerprint density at radius 1 is 1.33 bits per heavy atom. The number of hydrogen-bond donors (Lipinski definition) is 3. The van der Waals surface area contributed by atoms with Gasteiger partial charge in [0.15, 0.2) is 5.11 Å². The molecule has 0 radical (unpaired) electrons. The van der Waals surface area contributed by atoms with Gasteiger partial charge in [0.05, 0.1) is 0 Å². The summed E-state index contributed by atoms with van der Waals surface area (Å²) in [5.74, 6) is -0.598. The smallest absolute Gasteiger partial charge is 0.276 e. The SMILES string of the molecule is CC(C)NC(=S)NNC(=O)c1cnc2ccccn2c1=O. The Morgan fingerprint density at radius 3 is 2.81 bits per heavy atom. The number of carbonyl (C=O) groups excluding carboxylic acids is 1. The second-order valence-corrected chi connectivity index (χ2v) is 5.02. The van der Waals surface area contributed by atoms with Crippen LogP contribution in [0.15, 0.2) is 35.4 Å². The van der Waals surface area contributed by atoms with Crippen LogP contribution >= 0.6 is 12.2 Å². The van der Waals surface area contributed by atoms with E-state index in [0.29, 0.717) is 5.65 Å². The Bertz CT molecular complexity index is 741. The Hall–Kier alpha value is -2.48. The first kappa shape index (κ1) is 14.9. The van der Waals surface area contributed by atoms with Crippen LogP contribution in [-0.4, -0.2) is 26.4 Å². The molecule has 21 heavy (non-hydrogen) atoms. The average molecular weight is 305 g/mol. The highest BCUT2D eigenvalue weighted by Crippen LogP contribution is 1.97. The molecule has 2 aromatic heterocycles. The Labute approximate surface area is 126 Å². The molecular weight excluding hydrogens is 290 g/mol. The molecule has 0 saturated heterocycles. The van der Waals surface area contributed by atoms with Crippen LogP contribution in [0.2, 0.25) is 0 Å². The van der Waals surface area contributed by atoms with Gasteiger partial charge in [-0.15, -0.1) is 0 Å². The number of nitrogens with one attached hydrogen (secondary N) is 3. The lowest BCUT2D eigenvalue weighted by Gasteiger charge is -2.13. The van der Waals surface area contributed by atoms with Crippen LogP contribution in [0.5, 0.6) is 0 Å². The molecule has 2 rings (SSSR count). The van der Waals surface area contributed by atoms with E-state index in [0.717, 1.165) is 0 Å². The van der Waals surface area contributed by atoms with E-state index in [9.17, 15) is 9.59 Å². The van der Waals surface area contributed by atoms with Gasteiger partial charge in [-0.3, -0.25) is 24.8 Å². The minimum absolute atomic E-state index is 0.0708. The summed E-state index contributed by atoms with van der Waals surface area (Å²) < 4.78 is 1.31. The van der Waals surface area contributed by atoms with E-state index in [-0.39, 0.29) is 16.7 Å². The number of aromatic nitrogens is 2. The summed E-state index contributed by atoms with van der Waals surface area (Å²) in [7, 11) is 0. The summed E-state index contributed by atoms with van der Waals surface area (Å²) in [6, 6.07) is 5.27. The van der Waals surface area contributed by atoms with Crippen LogP contribution in [0.3, 0.4) is 0 Å². The third-order valence-electron chi connectivity index (χ3n) is 2.57. The Morgan fingerprint density at radius 2 is 2.10 bits per heavy atom. The van der Waals surface area contributed by atoms with E-state index in [2.05, 4.69) is 21.2 Å². The molecule has 0 aliphatic rings. The van der Waals surface area contributed by atoms with Crippen molar-refractivity contribution < 1.29 is 4.79 Å². The maximum atomic E-state index is 12.2. The highest BCUT2D eigenvalue weighted by atomic mass is 32.1. The first-order valence-corrected chi connectivity index (χ1v) is 6.73. The number of thiocarbonyl (C=S) groups is 1. The minimum Gasteiger partial charge on any atom is -0.359 e. The molecule has 0 bridgehead atoms. The molecule has 1 amide bonds.